The number of esters is 1. The lowest BCUT2D eigenvalue weighted by Crippen LogP contribution is -2.38. The van der Waals surface area contributed by atoms with Crippen molar-refractivity contribution in [1.29, 1.82) is 0 Å². The molecule has 2 rings (SSSR count). The molecule has 0 fully saturated rings. The number of nitrogens with zero attached hydrogens (tertiary/aromatic N) is 1. The molecule has 0 bridgehead atoms. The van der Waals surface area contributed by atoms with Crippen LogP contribution in [0.2, 0.25) is 0 Å². The summed E-state index contributed by atoms with van der Waals surface area (Å²) in [5.41, 5.74) is 2.60. The molecule has 1 N–H and O–H groups in total. The van der Waals surface area contributed by atoms with Crippen LogP contribution in [0.4, 0.5) is 5.69 Å². The van der Waals surface area contributed by atoms with E-state index in [1.165, 1.54) is 5.56 Å². The Kier molecular flexibility index (Phi) is 7.41. The first-order valence-electron chi connectivity index (χ1n) is 9.23. The van der Waals surface area contributed by atoms with E-state index in [1.807, 2.05) is 49.3 Å². The Bertz CT molecular complexity index is 742. The summed E-state index contributed by atoms with van der Waals surface area (Å²) in [4.78, 5) is 26.5. The average molecular weight is 368 g/mol. The van der Waals surface area contributed by atoms with E-state index in [0.29, 0.717) is 12.1 Å². The van der Waals surface area contributed by atoms with Gasteiger partial charge in [-0.15, -0.1) is 0 Å². The molecule has 2 atom stereocenters. The van der Waals surface area contributed by atoms with Gasteiger partial charge in [0, 0.05) is 32.2 Å². The lowest BCUT2D eigenvalue weighted by molar-refractivity contribution is -0.129. The minimum Gasteiger partial charge on any atom is -0.449 e. The molecule has 0 aliphatic heterocycles. The fourth-order valence-electron chi connectivity index (χ4n) is 2.77. The zero-order chi connectivity index (χ0) is 19.8. The van der Waals surface area contributed by atoms with Crippen LogP contribution in [0.3, 0.4) is 0 Å². The third kappa shape index (κ3) is 5.84. The smallest absolute Gasteiger partial charge is 0.338 e. The van der Waals surface area contributed by atoms with Gasteiger partial charge in [-0.2, -0.15) is 0 Å². The van der Waals surface area contributed by atoms with Crippen LogP contribution in [0.5, 0.6) is 0 Å². The highest BCUT2D eigenvalue weighted by Crippen LogP contribution is 2.18. The molecule has 5 nitrogen and oxygen atoms in total. The van der Waals surface area contributed by atoms with Crippen LogP contribution < -0.4 is 10.2 Å². The first kappa shape index (κ1) is 20.5. The van der Waals surface area contributed by atoms with Crippen LogP contribution in [-0.2, 0) is 9.53 Å². The second-order valence-electron chi connectivity index (χ2n) is 6.75. The number of carbonyl (C=O) groups is 2. The Labute approximate surface area is 161 Å². The van der Waals surface area contributed by atoms with Crippen LogP contribution in [-0.4, -0.2) is 38.6 Å². The maximum atomic E-state index is 12.3. The van der Waals surface area contributed by atoms with Crippen molar-refractivity contribution in [2.24, 2.45) is 0 Å². The Hall–Kier alpha value is -2.82. The molecule has 0 saturated heterocycles. The number of nitrogens with one attached hydrogen (secondary N) is 1. The Morgan fingerprint density at radius 3 is 2.22 bits per heavy atom. The highest BCUT2D eigenvalue weighted by molar-refractivity contribution is 5.92. The van der Waals surface area contributed by atoms with E-state index in [0.717, 1.165) is 12.1 Å². The Morgan fingerprint density at radius 2 is 1.67 bits per heavy atom. The summed E-state index contributed by atoms with van der Waals surface area (Å²) in [6.45, 7) is 4.19. The fourth-order valence-corrected chi connectivity index (χ4v) is 2.77. The van der Waals surface area contributed by atoms with E-state index in [-0.39, 0.29) is 11.8 Å². The van der Waals surface area contributed by atoms with Gasteiger partial charge in [-0.1, -0.05) is 37.3 Å². The quantitative estimate of drug-likeness (QED) is 0.723. The number of amides is 1. The average Bonchev–Trinajstić information content (AvgIpc) is 2.69. The fraction of sp³-hybridized carbons (Fsp3) is 0.364. The van der Waals surface area contributed by atoms with E-state index in [2.05, 4.69) is 24.4 Å². The molecule has 0 spiro atoms. The summed E-state index contributed by atoms with van der Waals surface area (Å²) in [7, 11) is 3.86. The molecule has 0 saturated carbocycles. The van der Waals surface area contributed by atoms with Crippen molar-refractivity contribution in [2.45, 2.75) is 32.3 Å². The van der Waals surface area contributed by atoms with Crippen LogP contribution in [0.1, 0.15) is 42.1 Å². The van der Waals surface area contributed by atoms with Gasteiger partial charge in [0.05, 0.1) is 5.56 Å². The second-order valence-corrected chi connectivity index (χ2v) is 6.75. The molecule has 0 radical (unpaired) electrons. The molecule has 5 heteroatoms. The SMILES string of the molecule is CC[C@H](CNC(=O)[C@H](C)OC(=O)c1ccc(N(C)C)cc1)c1ccccc1. The summed E-state index contributed by atoms with van der Waals surface area (Å²) in [6, 6.07) is 17.1. The molecule has 2 aromatic carbocycles. The topological polar surface area (TPSA) is 58.6 Å². The third-order valence-corrected chi connectivity index (χ3v) is 4.56. The minimum absolute atomic E-state index is 0.233. The normalized spacial score (nSPS) is 12.7. The number of rotatable bonds is 8. The Morgan fingerprint density at radius 1 is 1.04 bits per heavy atom. The number of ether oxygens (including phenoxy) is 1. The van der Waals surface area contributed by atoms with Gasteiger partial charge < -0.3 is 15.0 Å². The Balaban J connectivity index is 1.88. The van der Waals surface area contributed by atoms with Crippen LogP contribution >= 0.6 is 0 Å². The van der Waals surface area contributed by atoms with Gasteiger partial charge >= 0.3 is 5.97 Å². The first-order valence-corrected chi connectivity index (χ1v) is 9.23. The molecule has 0 aromatic heterocycles. The van der Waals surface area contributed by atoms with Crippen molar-refractivity contribution in [2.75, 3.05) is 25.5 Å². The first-order chi connectivity index (χ1) is 12.9. The van der Waals surface area contributed by atoms with Crippen molar-refractivity contribution in [1.82, 2.24) is 5.32 Å². The van der Waals surface area contributed by atoms with Gasteiger partial charge in [0.15, 0.2) is 6.10 Å². The lowest BCUT2D eigenvalue weighted by atomic mass is 9.96. The van der Waals surface area contributed by atoms with Crippen LogP contribution in [0.25, 0.3) is 0 Å². The van der Waals surface area contributed by atoms with Gasteiger partial charge in [-0.05, 0) is 43.2 Å². The molecule has 0 heterocycles. The monoisotopic (exact) mass is 368 g/mol. The number of hydrogen-bond acceptors (Lipinski definition) is 4. The van der Waals surface area contributed by atoms with Gasteiger partial charge in [0.2, 0.25) is 0 Å². The highest BCUT2D eigenvalue weighted by atomic mass is 16.5. The zero-order valence-electron chi connectivity index (χ0n) is 16.4. The van der Waals surface area contributed by atoms with Gasteiger partial charge in [0.25, 0.3) is 5.91 Å². The summed E-state index contributed by atoms with van der Waals surface area (Å²) in [5, 5.41) is 2.89. The summed E-state index contributed by atoms with van der Waals surface area (Å²) >= 11 is 0. The van der Waals surface area contributed by atoms with E-state index in [9.17, 15) is 9.59 Å². The van der Waals surface area contributed by atoms with Crippen molar-refractivity contribution < 1.29 is 14.3 Å². The number of anilines is 1. The van der Waals surface area contributed by atoms with Crippen molar-refractivity contribution in [3.8, 4) is 0 Å². The molecule has 27 heavy (non-hydrogen) atoms. The largest absolute Gasteiger partial charge is 0.449 e. The van der Waals surface area contributed by atoms with Gasteiger partial charge in [-0.3, -0.25) is 4.79 Å². The molecular weight excluding hydrogens is 340 g/mol. The number of hydrogen-bond donors (Lipinski definition) is 1. The minimum atomic E-state index is -0.848. The summed E-state index contributed by atoms with van der Waals surface area (Å²) in [6.07, 6.45) is 0.0655. The predicted octanol–water partition coefficient (Wildman–Crippen LogP) is 3.61. The maximum absolute atomic E-state index is 12.3. The molecule has 1 amide bonds. The molecule has 144 valence electrons. The second kappa shape index (κ2) is 9.76. The van der Waals surface area contributed by atoms with Crippen molar-refractivity contribution in [3.05, 3.63) is 65.7 Å². The molecular formula is C22H28N2O3. The lowest BCUT2D eigenvalue weighted by Gasteiger charge is -2.19. The van der Waals surface area contributed by atoms with Gasteiger partial charge in [0.1, 0.15) is 0 Å². The molecule has 0 unspecified atom stereocenters. The third-order valence-electron chi connectivity index (χ3n) is 4.56. The number of carbonyl (C=O) groups excluding carboxylic acids is 2. The van der Waals surface area contributed by atoms with Gasteiger partial charge in [-0.25, -0.2) is 4.79 Å². The molecule has 2 aromatic rings. The van der Waals surface area contributed by atoms with Crippen LogP contribution in [0, 0.1) is 0 Å². The summed E-state index contributed by atoms with van der Waals surface area (Å²) < 4.78 is 5.31. The van der Waals surface area contributed by atoms with E-state index in [4.69, 9.17) is 4.74 Å². The standard InChI is InChI=1S/C22H28N2O3/c1-5-17(18-9-7-6-8-10-18)15-23-21(25)16(2)27-22(26)19-11-13-20(14-12-19)24(3)4/h6-14,16-17H,5,15H2,1-4H3,(H,23,25)/t16-,17+/m0/s1. The van der Waals surface area contributed by atoms with E-state index >= 15 is 0 Å². The van der Waals surface area contributed by atoms with Crippen LogP contribution in [0.15, 0.2) is 54.6 Å². The number of benzene rings is 2. The van der Waals surface area contributed by atoms with E-state index in [1.54, 1.807) is 19.1 Å². The molecule has 0 aliphatic rings. The zero-order valence-corrected chi connectivity index (χ0v) is 16.4. The van der Waals surface area contributed by atoms with E-state index < -0.39 is 12.1 Å². The predicted molar refractivity (Wildman–Crippen MR) is 108 cm³/mol. The maximum Gasteiger partial charge on any atom is 0.338 e. The highest BCUT2D eigenvalue weighted by Gasteiger charge is 2.20. The summed E-state index contributed by atoms with van der Waals surface area (Å²) in [5.74, 6) is -0.558. The molecule has 0 aliphatic carbocycles. The van der Waals surface area contributed by atoms with Crippen molar-refractivity contribution in [3.63, 3.8) is 0 Å². The van der Waals surface area contributed by atoms with Crippen molar-refractivity contribution >= 4 is 17.6 Å².